The van der Waals surface area contributed by atoms with Gasteiger partial charge in [0, 0.05) is 64.5 Å². The van der Waals surface area contributed by atoms with E-state index in [-0.39, 0.29) is 0 Å². The molecule has 0 bridgehead atoms. The molecule has 0 aliphatic carbocycles. The van der Waals surface area contributed by atoms with Gasteiger partial charge in [-0.05, 0) is 49.6 Å². The first-order valence-electron chi connectivity index (χ1n) is 12.0. The van der Waals surface area contributed by atoms with E-state index in [1.807, 2.05) is 67.5 Å². The van der Waals surface area contributed by atoms with Crippen molar-refractivity contribution in [2.45, 2.75) is 27.3 Å². The number of aromatic nitrogens is 6. The van der Waals surface area contributed by atoms with Crippen LogP contribution < -0.4 is 9.80 Å². The van der Waals surface area contributed by atoms with Crippen LogP contribution in [0.5, 0.6) is 0 Å². The lowest BCUT2D eigenvalue weighted by Gasteiger charge is -2.21. The number of hydrogen-bond acceptors (Lipinski definition) is 6. The van der Waals surface area contributed by atoms with Gasteiger partial charge in [0.25, 0.3) is 0 Å². The summed E-state index contributed by atoms with van der Waals surface area (Å²) in [5, 5.41) is 9.19. The van der Waals surface area contributed by atoms with Crippen LogP contribution >= 0.6 is 0 Å². The molecule has 0 amide bonds. The lowest BCUT2D eigenvalue weighted by atomic mass is 10.0. The Morgan fingerprint density at radius 2 is 1.69 bits per heavy atom. The zero-order valence-electron chi connectivity index (χ0n) is 22.0. The van der Waals surface area contributed by atoms with Crippen molar-refractivity contribution in [2.24, 2.45) is 7.05 Å². The minimum absolute atomic E-state index is 0.747. The van der Waals surface area contributed by atoms with E-state index in [0.717, 1.165) is 63.2 Å². The molecule has 0 saturated carbocycles. The van der Waals surface area contributed by atoms with Crippen LogP contribution in [0, 0.1) is 20.8 Å². The number of fused-ring (bicyclic) bond motifs is 1. The van der Waals surface area contributed by atoms with E-state index < -0.39 is 0 Å². The van der Waals surface area contributed by atoms with Crippen LogP contribution in [-0.4, -0.2) is 50.5 Å². The van der Waals surface area contributed by atoms with E-state index in [4.69, 9.17) is 10.1 Å². The molecule has 184 valence electrons. The molecule has 8 heteroatoms. The van der Waals surface area contributed by atoms with Crippen molar-refractivity contribution in [3.8, 4) is 22.4 Å². The van der Waals surface area contributed by atoms with Crippen molar-refractivity contribution in [1.29, 1.82) is 0 Å². The zero-order valence-corrected chi connectivity index (χ0v) is 22.0. The highest BCUT2D eigenvalue weighted by molar-refractivity contribution is 5.83. The van der Waals surface area contributed by atoms with Crippen LogP contribution in [0.3, 0.4) is 0 Å². The normalized spacial score (nSPS) is 11.3. The van der Waals surface area contributed by atoms with E-state index in [2.05, 4.69) is 65.4 Å². The minimum Gasteiger partial charge on any atom is -0.363 e. The van der Waals surface area contributed by atoms with Crippen molar-refractivity contribution >= 4 is 17.3 Å². The number of rotatable bonds is 6. The standard InChI is InChI=1S/C28H32N8/c1-18-14-25(33(4)5)29-16-23(18)27-20(3)32-36-26(15-19(2)31-28(27)36)34(6)17-21-8-10-22(11-9-21)24-12-13-30-35(24)7/h8-16H,17H2,1-7H3. The Balaban J connectivity index is 1.50. The molecular formula is C28H32N8. The third-order valence-corrected chi connectivity index (χ3v) is 6.58. The Kier molecular flexibility index (Phi) is 5.96. The van der Waals surface area contributed by atoms with E-state index in [9.17, 15) is 0 Å². The number of anilines is 2. The average molecular weight is 481 g/mol. The van der Waals surface area contributed by atoms with Crippen LogP contribution in [0.2, 0.25) is 0 Å². The van der Waals surface area contributed by atoms with Crippen LogP contribution in [0.25, 0.3) is 28.0 Å². The summed E-state index contributed by atoms with van der Waals surface area (Å²) < 4.78 is 3.85. The molecular weight excluding hydrogens is 448 g/mol. The Hall–Kier alpha value is -4.20. The molecule has 0 aliphatic rings. The maximum absolute atomic E-state index is 4.91. The molecule has 4 aromatic heterocycles. The summed E-state index contributed by atoms with van der Waals surface area (Å²) >= 11 is 0. The molecule has 36 heavy (non-hydrogen) atoms. The lowest BCUT2D eigenvalue weighted by molar-refractivity contribution is 0.775. The monoisotopic (exact) mass is 480 g/mol. The second-order valence-electron chi connectivity index (χ2n) is 9.60. The van der Waals surface area contributed by atoms with E-state index in [0.29, 0.717) is 0 Å². The van der Waals surface area contributed by atoms with Crippen molar-refractivity contribution < 1.29 is 0 Å². The first kappa shape index (κ1) is 23.5. The highest BCUT2D eigenvalue weighted by Crippen LogP contribution is 2.33. The Bertz CT molecular complexity index is 1540. The number of benzene rings is 1. The lowest BCUT2D eigenvalue weighted by Crippen LogP contribution is -2.20. The average Bonchev–Trinajstić information content (AvgIpc) is 3.41. The second-order valence-corrected chi connectivity index (χ2v) is 9.60. The van der Waals surface area contributed by atoms with Gasteiger partial charge in [0.1, 0.15) is 11.6 Å². The van der Waals surface area contributed by atoms with Gasteiger partial charge in [-0.25, -0.2) is 9.97 Å². The van der Waals surface area contributed by atoms with Crippen molar-refractivity contribution in [2.75, 3.05) is 30.9 Å². The summed E-state index contributed by atoms with van der Waals surface area (Å²) in [7, 11) is 8.06. The second kappa shape index (κ2) is 9.11. The number of nitrogens with zero attached hydrogens (tertiary/aromatic N) is 8. The SMILES string of the molecule is Cc1cc(N(C)Cc2ccc(-c3ccnn3C)cc2)n2nc(C)c(-c3cnc(N(C)C)cc3C)c2n1. The first-order chi connectivity index (χ1) is 17.2. The van der Waals surface area contributed by atoms with Gasteiger partial charge in [0.15, 0.2) is 5.65 Å². The zero-order chi connectivity index (χ0) is 25.6. The Morgan fingerprint density at radius 3 is 2.33 bits per heavy atom. The number of pyridine rings is 1. The predicted molar refractivity (Wildman–Crippen MR) is 146 cm³/mol. The molecule has 0 N–H and O–H groups in total. The number of aryl methyl sites for hydroxylation is 4. The van der Waals surface area contributed by atoms with Crippen molar-refractivity contribution in [1.82, 2.24) is 29.4 Å². The molecule has 0 aliphatic heterocycles. The van der Waals surface area contributed by atoms with Gasteiger partial charge < -0.3 is 9.80 Å². The molecule has 0 spiro atoms. The van der Waals surface area contributed by atoms with Gasteiger partial charge in [-0.15, -0.1) is 0 Å². The summed E-state index contributed by atoms with van der Waals surface area (Å²) in [6.45, 7) is 6.94. The van der Waals surface area contributed by atoms with Crippen LogP contribution in [-0.2, 0) is 13.6 Å². The van der Waals surface area contributed by atoms with Gasteiger partial charge in [-0.1, -0.05) is 24.3 Å². The molecule has 0 fully saturated rings. The van der Waals surface area contributed by atoms with Crippen molar-refractivity contribution in [3.63, 3.8) is 0 Å². The van der Waals surface area contributed by atoms with Crippen LogP contribution in [0.15, 0.2) is 54.9 Å². The highest BCUT2D eigenvalue weighted by Gasteiger charge is 2.20. The maximum atomic E-state index is 4.91. The predicted octanol–water partition coefficient (Wildman–Crippen LogP) is 4.82. The third kappa shape index (κ3) is 4.19. The van der Waals surface area contributed by atoms with Crippen molar-refractivity contribution in [3.05, 3.63) is 77.4 Å². The maximum Gasteiger partial charge on any atom is 0.165 e. The molecule has 5 aromatic rings. The van der Waals surface area contributed by atoms with E-state index in [1.54, 1.807) is 0 Å². The molecule has 8 nitrogen and oxygen atoms in total. The summed E-state index contributed by atoms with van der Waals surface area (Å²) in [5.41, 5.74) is 9.45. The largest absolute Gasteiger partial charge is 0.363 e. The highest BCUT2D eigenvalue weighted by atomic mass is 15.3. The minimum atomic E-state index is 0.747. The van der Waals surface area contributed by atoms with Gasteiger partial charge in [-0.2, -0.15) is 14.7 Å². The fourth-order valence-corrected chi connectivity index (χ4v) is 4.65. The van der Waals surface area contributed by atoms with Gasteiger partial charge in [0.05, 0.1) is 17.0 Å². The summed E-state index contributed by atoms with van der Waals surface area (Å²) in [6.07, 6.45) is 3.76. The topological polar surface area (TPSA) is 67.4 Å². The Labute approximate surface area is 211 Å². The summed E-state index contributed by atoms with van der Waals surface area (Å²) in [5.74, 6) is 1.93. The fraction of sp³-hybridized carbons (Fsp3) is 0.286. The summed E-state index contributed by atoms with van der Waals surface area (Å²) in [6, 6.07) is 14.9. The smallest absolute Gasteiger partial charge is 0.165 e. The third-order valence-electron chi connectivity index (χ3n) is 6.58. The van der Waals surface area contributed by atoms with Gasteiger partial charge in [-0.3, -0.25) is 4.68 Å². The molecule has 0 unspecified atom stereocenters. The molecule has 5 rings (SSSR count). The molecule has 1 aromatic carbocycles. The Morgan fingerprint density at radius 1 is 0.944 bits per heavy atom. The fourth-order valence-electron chi connectivity index (χ4n) is 4.65. The van der Waals surface area contributed by atoms with Gasteiger partial charge in [0.2, 0.25) is 0 Å². The molecule has 0 atom stereocenters. The van der Waals surface area contributed by atoms with Crippen LogP contribution in [0.4, 0.5) is 11.6 Å². The molecule has 4 heterocycles. The van der Waals surface area contributed by atoms with Gasteiger partial charge >= 0.3 is 0 Å². The number of hydrogen-bond donors (Lipinski definition) is 0. The van der Waals surface area contributed by atoms with Crippen LogP contribution in [0.1, 0.15) is 22.5 Å². The van der Waals surface area contributed by atoms with E-state index in [1.165, 1.54) is 5.56 Å². The molecule has 0 saturated heterocycles. The van der Waals surface area contributed by atoms with E-state index >= 15 is 0 Å². The summed E-state index contributed by atoms with van der Waals surface area (Å²) in [4.78, 5) is 13.8. The quantitative estimate of drug-likeness (QED) is 0.347. The molecule has 0 radical (unpaired) electrons. The first-order valence-corrected chi connectivity index (χ1v) is 12.0.